The molecule has 9 heterocycles. The molecule has 0 bridgehead atoms. The number of hydrogen-bond donors (Lipinski definition) is 5. The second kappa shape index (κ2) is 33.2. The van der Waals surface area contributed by atoms with E-state index in [0.717, 1.165) is 23.6 Å². The zero-order valence-corrected chi connectivity index (χ0v) is 52.9. The fourth-order valence-electron chi connectivity index (χ4n) is 11.0. The fourth-order valence-corrected chi connectivity index (χ4v) is 11.2. The highest BCUT2D eigenvalue weighted by Gasteiger charge is 2.38. The van der Waals surface area contributed by atoms with Crippen LogP contribution in [0.5, 0.6) is 0 Å². The molecule has 0 radical (unpaired) electrons. The van der Waals surface area contributed by atoms with Crippen molar-refractivity contribution in [1.29, 1.82) is 0 Å². The van der Waals surface area contributed by atoms with Crippen molar-refractivity contribution < 1.29 is 72.7 Å². The van der Waals surface area contributed by atoms with E-state index in [1.165, 1.54) is 0 Å². The van der Waals surface area contributed by atoms with Gasteiger partial charge in [-0.1, -0.05) is 11.6 Å². The predicted octanol–water partition coefficient (Wildman–Crippen LogP) is 9.39. The fraction of sp³-hybridized carbons (Fsp3) is 0.644. The SMILES string of the molecule is Cc1ccn(-c2cc(Cl)nc(NC3CCC(F)(F)CC3)n2)n1.Cc1ccn(-c2cc(N3CCOC(CO)C3)nc(NC3CCC(F)(F)CC3)n2)n1.Cc1ccn(-c2cc(N3CCOC(COC(F)F)C3)nc(NC3CCC(F)(F)CC3)n2)n1.FC(F)OCC1CNCCO1. The summed E-state index contributed by atoms with van der Waals surface area (Å²) in [6, 6.07) is 10.5. The zero-order chi connectivity index (χ0) is 67.0. The quantitative estimate of drug-likeness (QED) is 0.0397. The van der Waals surface area contributed by atoms with E-state index in [-0.39, 0.29) is 93.8 Å². The third-order valence-electron chi connectivity index (χ3n) is 16.1. The van der Waals surface area contributed by atoms with Gasteiger partial charge in [0.2, 0.25) is 35.6 Å². The third-order valence-corrected chi connectivity index (χ3v) is 16.2. The van der Waals surface area contributed by atoms with Crippen molar-refractivity contribution in [3.05, 3.63) is 77.2 Å². The van der Waals surface area contributed by atoms with Gasteiger partial charge in [0.05, 0.1) is 75.0 Å². The van der Waals surface area contributed by atoms with Crippen LogP contribution >= 0.6 is 11.6 Å². The summed E-state index contributed by atoms with van der Waals surface area (Å²) in [5, 5.41) is 35.3. The van der Waals surface area contributed by atoms with Crippen molar-refractivity contribution in [3.8, 4) is 17.5 Å². The molecule has 6 aromatic heterocycles. The van der Waals surface area contributed by atoms with Crippen LogP contribution in [0.1, 0.15) is 94.1 Å². The van der Waals surface area contributed by atoms with Crippen LogP contribution in [0.2, 0.25) is 5.15 Å². The van der Waals surface area contributed by atoms with Crippen LogP contribution in [0.3, 0.4) is 0 Å². The Balaban J connectivity index is 0.000000155. The molecule has 35 heteroatoms. The highest BCUT2D eigenvalue weighted by Crippen LogP contribution is 2.37. The molecule has 94 heavy (non-hydrogen) atoms. The van der Waals surface area contributed by atoms with E-state index < -0.39 is 37.1 Å². The Labute approximate surface area is 541 Å². The van der Waals surface area contributed by atoms with Gasteiger partial charge in [0, 0.05) is 133 Å². The van der Waals surface area contributed by atoms with E-state index in [0.29, 0.717) is 138 Å². The van der Waals surface area contributed by atoms with Crippen LogP contribution < -0.4 is 31.1 Å². The van der Waals surface area contributed by atoms with Gasteiger partial charge in [-0.2, -0.15) is 57.8 Å². The second-order valence-electron chi connectivity index (χ2n) is 23.7. The largest absolute Gasteiger partial charge is 0.394 e. The molecule has 3 unspecified atom stereocenters. The van der Waals surface area contributed by atoms with Gasteiger partial charge in [0.25, 0.3) is 0 Å². The Morgan fingerprint density at radius 2 is 0.894 bits per heavy atom. The van der Waals surface area contributed by atoms with E-state index in [1.54, 1.807) is 38.6 Å². The predicted molar refractivity (Wildman–Crippen MR) is 327 cm³/mol. The average Bonchev–Trinajstić information content (AvgIpc) is 1.33. The molecule has 6 fully saturated rings. The van der Waals surface area contributed by atoms with E-state index in [9.17, 15) is 49.0 Å². The van der Waals surface area contributed by atoms with Crippen molar-refractivity contribution in [1.82, 2.24) is 64.6 Å². The normalized spacial score (nSPS) is 21.7. The number of aliphatic hydroxyl groups excluding tert-OH is 1. The first-order chi connectivity index (χ1) is 44.9. The Morgan fingerprint density at radius 3 is 1.27 bits per heavy atom. The lowest BCUT2D eigenvalue weighted by atomic mass is 9.92. The number of anilines is 5. The molecule has 6 aliphatic rings. The van der Waals surface area contributed by atoms with Gasteiger partial charge in [0.1, 0.15) is 16.8 Å². The summed E-state index contributed by atoms with van der Waals surface area (Å²) in [6.45, 7) is 4.49. The number of aromatic nitrogens is 12. The third kappa shape index (κ3) is 22.4. The zero-order valence-electron chi connectivity index (χ0n) is 52.2. The van der Waals surface area contributed by atoms with Crippen LogP contribution in [-0.2, 0) is 23.7 Å². The highest BCUT2D eigenvalue weighted by atomic mass is 35.5. The Bertz CT molecular complexity index is 3290. The number of rotatable bonds is 18. The summed E-state index contributed by atoms with van der Waals surface area (Å²) >= 11 is 6.02. The number of hydrogen-bond acceptors (Lipinski definition) is 21. The molecule has 3 aliphatic heterocycles. The Morgan fingerprint density at radius 1 is 0.532 bits per heavy atom. The van der Waals surface area contributed by atoms with Crippen LogP contribution in [0.25, 0.3) is 17.5 Å². The molecule has 5 N–H and O–H groups in total. The van der Waals surface area contributed by atoms with E-state index in [2.05, 4.69) is 75.9 Å². The van der Waals surface area contributed by atoms with Gasteiger partial charge < -0.3 is 59.9 Å². The Hall–Kier alpha value is -6.82. The number of ether oxygens (including phenoxy) is 5. The number of alkyl halides is 10. The van der Waals surface area contributed by atoms with Crippen molar-refractivity contribution in [2.24, 2.45) is 0 Å². The number of nitrogens with one attached hydrogen (secondary N) is 4. The molecular weight excluding hydrogens is 1280 g/mol. The monoisotopic (exact) mass is 1360 g/mol. The molecule has 0 aromatic carbocycles. The van der Waals surface area contributed by atoms with E-state index in [1.807, 2.05) is 61.0 Å². The number of nitrogens with zero attached hydrogens (tertiary/aromatic N) is 14. The number of halogens is 11. The maximum absolute atomic E-state index is 13.5. The summed E-state index contributed by atoms with van der Waals surface area (Å²) in [6.07, 6.45) is 5.68. The lowest BCUT2D eigenvalue weighted by Crippen LogP contribution is -2.45. The number of morpholine rings is 3. The van der Waals surface area contributed by atoms with Crippen molar-refractivity contribution in [2.75, 3.05) is 105 Å². The van der Waals surface area contributed by atoms with Crippen molar-refractivity contribution in [2.45, 2.75) is 165 Å². The van der Waals surface area contributed by atoms with Crippen LogP contribution in [0.15, 0.2) is 55.0 Å². The maximum Gasteiger partial charge on any atom is 0.345 e. The molecule has 12 rings (SSSR count). The molecule has 0 amide bonds. The first-order valence-electron chi connectivity index (χ1n) is 31.2. The molecule has 6 aromatic rings. The molecule has 24 nitrogen and oxygen atoms in total. The van der Waals surface area contributed by atoms with Gasteiger partial charge in [-0.25, -0.2) is 45.4 Å². The van der Waals surface area contributed by atoms with E-state index in [4.69, 9.17) is 25.8 Å². The molecule has 3 saturated heterocycles. The van der Waals surface area contributed by atoms with Crippen LogP contribution in [0.4, 0.5) is 73.4 Å². The smallest absolute Gasteiger partial charge is 0.345 e. The van der Waals surface area contributed by atoms with Gasteiger partial charge in [0.15, 0.2) is 17.5 Å². The average molecular weight is 1360 g/mol. The molecule has 518 valence electrons. The van der Waals surface area contributed by atoms with Crippen LogP contribution in [0, 0.1) is 20.8 Å². The molecule has 0 spiro atoms. The van der Waals surface area contributed by atoms with E-state index >= 15 is 0 Å². The summed E-state index contributed by atoms with van der Waals surface area (Å²) < 4.78 is 158. The van der Waals surface area contributed by atoms with Gasteiger partial charge in [-0.3, -0.25) is 0 Å². The lowest BCUT2D eigenvalue weighted by molar-refractivity contribution is -0.157. The second-order valence-corrected chi connectivity index (χ2v) is 24.0. The molecule has 3 saturated carbocycles. The van der Waals surface area contributed by atoms with Gasteiger partial charge >= 0.3 is 13.2 Å². The first-order valence-corrected chi connectivity index (χ1v) is 31.6. The first kappa shape index (κ1) is 71.5. The van der Waals surface area contributed by atoms with Crippen molar-refractivity contribution >= 4 is 41.1 Å². The number of aliphatic hydroxyl groups is 1. The standard InChI is InChI=1S/C20H26F4N6O2.C19H26F2N6O2.C14H16ClF2N5.C6H11F2NO2/c1-13-4-7-30(28-13)17-10-16(29-8-9-31-15(11-29)12-32-18(21)22)26-19(27-17)25-14-2-5-20(23,24)6-3-14;1-13-4-7-27(25-13)17-10-16(26-8-9-29-15(11-26)12-28)23-18(24-17)22-14-2-5-19(20,21)6-3-14;1-9-4-7-22(21-9)12-8-11(15)19-13(20-12)18-10-2-5-14(16,17)6-3-10;7-6(8)11-4-5-3-9-1-2-10-5/h4,7,10,14-15,18H,2-3,5-6,8-9,11-12H2,1H3,(H,25,26,27);4,7,10,14-15,28H,2-3,5-6,8-9,11-12H2,1H3,(H,22,23,24);4,7-8,10H,2-3,5-6H2,1H3,(H,18,19,20);5-6,9H,1-4H2. The highest BCUT2D eigenvalue weighted by molar-refractivity contribution is 6.29. The minimum Gasteiger partial charge on any atom is -0.394 e. The molecular formula is C59H79ClF10N18O6. The molecule has 3 atom stereocenters. The summed E-state index contributed by atoms with van der Waals surface area (Å²) in [7, 11) is 0. The van der Waals surface area contributed by atoms with Crippen LogP contribution in [-0.4, -0.2) is 211 Å². The summed E-state index contributed by atoms with van der Waals surface area (Å²) in [5.74, 6) is -3.80. The maximum atomic E-state index is 13.5. The van der Waals surface area contributed by atoms with Gasteiger partial charge in [-0.15, -0.1) is 0 Å². The summed E-state index contributed by atoms with van der Waals surface area (Å²) in [4.78, 5) is 30.7. The topological polar surface area (TPSA) is 252 Å². The minimum atomic E-state index is -2.86. The number of aryl methyl sites for hydroxylation is 3. The molecule has 3 aliphatic carbocycles. The van der Waals surface area contributed by atoms with Crippen molar-refractivity contribution in [3.63, 3.8) is 0 Å². The lowest BCUT2D eigenvalue weighted by Gasteiger charge is -2.34. The minimum absolute atomic E-state index is 0.0370. The summed E-state index contributed by atoms with van der Waals surface area (Å²) in [5.41, 5.74) is 2.53. The van der Waals surface area contributed by atoms with Gasteiger partial charge in [-0.05, 0) is 77.5 Å². The Kier molecular flexibility index (Phi) is 25.3.